The molecule has 1 N–H and O–H groups in total. The standard InChI is InChI=1S/C23H27F3N6/c1-15-10-21(32-8-6-31(3)7-9-32)20(23(24,25)26)12-17(15)13-22-27-5-4-18(28-22)14-19-11-16(2)29-30-19/h4-5,10-12H,6-9,13-14H2,1-3H3,(H,29,30). The minimum Gasteiger partial charge on any atom is -0.368 e. The van der Waals surface area contributed by atoms with Crippen LogP contribution < -0.4 is 4.90 Å². The molecule has 3 heterocycles. The van der Waals surface area contributed by atoms with Crippen molar-refractivity contribution in [2.75, 3.05) is 38.1 Å². The topological polar surface area (TPSA) is 60.9 Å². The van der Waals surface area contributed by atoms with Crippen molar-refractivity contribution in [3.63, 3.8) is 0 Å². The number of nitrogens with zero attached hydrogens (tertiary/aromatic N) is 5. The average Bonchev–Trinajstić information content (AvgIpc) is 3.14. The molecule has 0 radical (unpaired) electrons. The van der Waals surface area contributed by atoms with E-state index in [4.69, 9.17) is 0 Å². The monoisotopic (exact) mass is 444 g/mol. The molecule has 0 aliphatic carbocycles. The summed E-state index contributed by atoms with van der Waals surface area (Å²) >= 11 is 0. The van der Waals surface area contributed by atoms with Gasteiger partial charge in [-0.05, 0) is 56.3 Å². The first-order chi connectivity index (χ1) is 15.2. The highest BCUT2D eigenvalue weighted by Crippen LogP contribution is 2.39. The van der Waals surface area contributed by atoms with Crippen LogP contribution >= 0.6 is 0 Å². The van der Waals surface area contributed by atoms with Gasteiger partial charge in [-0.15, -0.1) is 0 Å². The van der Waals surface area contributed by atoms with Crippen LogP contribution in [0, 0.1) is 13.8 Å². The van der Waals surface area contributed by atoms with Gasteiger partial charge in [0.1, 0.15) is 5.82 Å². The van der Waals surface area contributed by atoms with Crippen LogP contribution in [-0.4, -0.2) is 58.3 Å². The van der Waals surface area contributed by atoms with Crippen molar-refractivity contribution in [2.45, 2.75) is 32.9 Å². The second-order valence-electron chi connectivity index (χ2n) is 8.44. The number of H-pyrrole nitrogens is 1. The number of halogens is 3. The van der Waals surface area contributed by atoms with Gasteiger partial charge in [0.25, 0.3) is 0 Å². The number of hydrogen-bond donors (Lipinski definition) is 1. The van der Waals surface area contributed by atoms with E-state index in [2.05, 4.69) is 25.1 Å². The van der Waals surface area contributed by atoms with Gasteiger partial charge in [-0.3, -0.25) is 5.10 Å². The zero-order valence-electron chi connectivity index (χ0n) is 18.5. The average molecular weight is 445 g/mol. The predicted molar refractivity (Wildman–Crippen MR) is 117 cm³/mol. The molecule has 1 fully saturated rings. The SMILES string of the molecule is Cc1cc(Cc2ccnc(Cc3cc(C(F)(F)F)c(N4CCN(C)CC4)cc3C)n2)n[nH]1. The lowest BCUT2D eigenvalue weighted by molar-refractivity contribution is -0.137. The third kappa shape index (κ3) is 5.09. The molecule has 9 heteroatoms. The Bertz CT molecular complexity index is 1080. The second kappa shape index (κ2) is 8.90. The summed E-state index contributed by atoms with van der Waals surface area (Å²) in [5.41, 5.74) is 3.67. The summed E-state index contributed by atoms with van der Waals surface area (Å²) in [6, 6.07) is 6.69. The van der Waals surface area contributed by atoms with E-state index in [1.165, 1.54) is 6.07 Å². The van der Waals surface area contributed by atoms with E-state index in [9.17, 15) is 13.2 Å². The van der Waals surface area contributed by atoms with E-state index in [1.807, 2.05) is 31.9 Å². The molecule has 0 spiro atoms. The molecule has 1 aliphatic rings. The Balaban J connectivity index is 1.60. The first-order valence-corrected chi connectivity index (χ1v) is 10.6. The van der Waals surface area contributed by atoms with Crippen LogP contribution in [0.4, 0.5) is 18.9 Å². The molecule has 1 aliphatic heterocycles. The molecule has 0 amide bonds. The molecule has 2 aromatic heterocycles. The van der Waals surface area contributed by atoms with Crippen LogP contribution in [-0.2, 0) is 19.0 Å². The van der Waals surface area contributed by atoms with E-state index < -0.39 is 11.7 Å². The van der Waals surface area contributed by atoms with Crippen LogP contribution in [0.15, 0.2) is 30.5 Å². The fraction of sp³-hybridized carbons (Fsp3) is 0.435. The maximum atomic E-state index is 14.0. The lowest BCUT2D eigenvalue weighted by atomic mass is 9.98. The minimum atomic E-state index is -4.43. The van der Waals surface area contributed by atoms with Gasteiger partial charge in [-0.25, -0.2) is 9.97 Å². The normalized spacial score (nSPS) is 15.4. The molecule has 0 bridgehead atoms. The van der Waals surface area contributed by atoms with Crippen LogP contribution in [0.1, 0.15) is 39.6 Å². The summed E-state index contributed by atoms with van der Waals surface area (Å²) in [4.78, 5) is 12.8. The van der Waals surface area contributed by atoms with Gasteiger partial charge < -0.3 is 9.80 Å². The number of nitrogens with one attached hydrogen (secondary N) is 1. The molecule has 6 nitrogen and oxygen atoms in total. The van der Waals surface area contributed by atoms with Gasteiger partial charge >= 0.3 is 6.18 Å². The Morgan fingerprint density at radius 3 is 2.41 bits per heavy atom. The number of hydrogen-bond acceptors (Lipinski definition) is 5. The van der Waals surface area contributed by atoms with Gasteiger partial charge in [0.15, 0.2) is 0 Å². The molecule has 32 heavy (non-hydrogen) atoms. The second-order valence-corrected chi connectivity index (χ2v) is 8.44. The van der Waals surface area contributed by atoms with Gasteiger partial charge in [-0.2, -0.15) is 18.3 Å². The van der Waals surface area contributed by atoms with Gasteiger partial charge in [0.2, 0.25) is 0 Å². The van der Waals surface area contributed by atoms with E-state index >= 15 is 0 Å². The highest BCUT2D eigenvalue weighted by Gasteiger charge is 2.36. The molecule has 0 unspecified atom stereocenters. The van der Waals surface area contributed by atoms with Crippen molar-refractivity contribution in [3.05, 3.63) is 70.1 Å². The van der Waals surface area contributed by atoms with Gasteiger partial charge in [0, 0.05) is 56.6 Å². The summed E-state index contributed by atoms with van der Waals surface area (Å²) in [6.07, 6.45) is -2.00. The fourth-order valence-electron chi connectivity index (χ4n) is 4.01. The van der Waals surface area contributed by atoms with Gasteiger partial charge in [-0.1, -0.05) is 0 Å². The molecular weight excluding hydrogens is 417 g/mol. The van der Waals surface area contributed by atoms with Crippen molar-refractivity contribution < 1.29 is 13.2 Å². The highest BCUT2D eigenvalue weighted by atomic mass is 19.4. The molecule has 4 rings (SSSR count). The number of aromatic amines is 1. The number of aryl methyl sites for hydroxylation is 2. The summed E-state index contributed by atoms with van der Waals surface area (Å²) < 4.78 is 41.9. The van der Waals surface area contributed by atoms with Crippen molar-refractivity contribution >= 4 is 5.69 Å². The third-order valence-corrected chi connectivity index (χ3v) is 5.84. The predicted octanol–water partition coefficient (Wildman–Crippen LogP) is 3.77. The van der Waals surface area contributed by atoms with Crippen LogP contribution in [0.25, 0.3) is 0 Å². The van der Waals surface area contributed by atoms with Gasteiger partial charge in [0.05, 0.1) is 17.0 Å². The summed E-state index contributed by atoms with van der Waals surface area (Å²) in [5.74, 6) is 0.498. The van der Waals surface area contributed by atoms with E-state index in [-0.39, 0.29) is 12.1 Å². The molecule has 1 saturated heterocycles. The molecule has 0 saturated carbocycles. The molecule has 3 aromatic rings. The third-order valence-electron chi connectivity index (χ3n) is 5.84. The Morgan fingerprint density at radius 1 is 1.00 bits per heavy atom. The lowest BCUT2D eigenvalue weighted by Crippen LogP contribution is -2.45. The molecule has 0 atom stereocenters. The number of anilines is 1. The smallest absolute Gasteiger partial charge is 0.368 e. The van der Waals surface area contributed by atoms with E-state index in [0.717, 1.165) is 35.7 Å². The van der Waals surface area contributed by atoms with Crippen molar-refractivity contribution in [3.8, 4) is 0 Å². The largest absolute Gasteiger partial charge is 0.418 e. The van der Waals surface area contributed by atoms with Crippen molar-refractivity contribution in [2.24, 2.45) is 0 Å². The Kier molecular flexibility index (Phi) is 6.19. The maximum absolute atomic E-state index is 14.0. The molecule has 1 aromatic carbocycles. The van der Waals surface area contributed by atoms with Crippen LogP contribution in [0.2, 0.25) is 0 Å². The van der Waals surface area contributed by atoms with Crippen LogP contribution in [0.5, 0.6) is 0 Å². The van der Waals surface area contributed by atoms with E-state index in [0.29, 0.717) is 30.9 Å². The van der Waals surface area contributed by atoms with Crippen LogP contribution in [0.3, 0.4) is 0 Å². The Labute approximate surface area is 185 Å². The fourth-order valence-corrected chi connectivity index (χ4v) is 4.01. The minimum absolute atomic E-state index is 0.241. The number of alkyl halides is 3. The van der Waals surface area contributed by atoms with Crippen molar-refractivity contribution in [1.29, 1.82) is 0 Å². The van der Waals surface area contributed by atoms with E-state index in [1.54, 1.807) is 18.3 Å². The lowest BCUT2D eigenvalue weighted by Gasteiger charge is -2.35. The number of aromatic nitrogens is 4. The number of likely N-dealkylation sites (N-methyl/N-ethyl adjacent to an activating group) is 1. The summed E-state index contributed by atoms with van der Waals surface area (Å²) in [7, 11) is 1.98. The summed E-state index contributed by atoms with van der Waals surface area (Å²) in [6.45, 7) is 6.43. The molecule has 170 valence electrons. The van der Waals surface area contributed by atoms with Crippen molar-refractivity contribution in [1.82, 2.24) is 25.1 Å². The quantitative estimate of drug-likeness (QED) is 0.649. The maximum Gasteiger partial charge on any atom is 0.418 e. The number of benzene rings is 1. The Morgan fingerprint density at radius 2 is 1.75 bits per heavy atom. The zero-order chi connectivity index (χ0) is 22.9. The molecular formula is C23H27F3N6. The number of piperazine rings is 1. The summed E-state index contributed by atoms with van der Waals surface area (Å²) in [5, 5.41) is 7.12. The first kappa shape index (κ1) is 22.3. The zero-order valence-corrected chi connectivity index (χ0v) is 18.5. The number of rotatable bonds is 5. The Hall–Kier alpha value is -2.94. The highest BCUT2D eigenvalue weighted by molar-refractivity contribution is 5.59. The first-order valence-electron chi connectivity index (χ1n) is 10.6.